The van der Waals surface area contributed by atoms with Crippen molar-refractivity contribution in [1.82, 2.24) is 9.78 Å². The molecule has 16 heavy (non-hydrogen) atoms. The Labute approximate surface area is 94.9 Å². The maximum absolute atomic E-state index is 5.95. The largest absolute Gasteiger partial charge is 0.397 e. The van der Waals surface area contributed by atoms with E-state index >= 15 is 0 Å². The lowest BCUT2D eigenvalue weighted by atomic mass is 9.99. The van der Waals surface area contributed by atoms with Gasteiger partial charge in [0.1, 0.15) is 0 Å². The highest BCUT2D eigenvalue weighted by molar-refractivity contribution is 5.57. The molecule has 0 saturated carbocycles. The van der Waals surface area contributed by atoms with Crippen molar-refractivity contribution in [2.24, 2.45) is 0 Å². The molecule has 0 unspecified atom stereocenters. The van der Waals surface area contributed by atoms with Crippen LogP contribution >= 0.6 is 0 Å². The van der Waals surface area contributed by atoms with E-state index in [1.807, 2.05) is 28.9 Å². The van der Waals surface area contributed by atoms with Gasteiger partial charge in [0.2, 0.25) is 0 Å². The van der Waals surface area contributed by atoms with Crippen LogP contribution in [0.15, 0.2) is 30.5 Å². The number of hydrogen-bond donors (Lipinski definition) is 1. The Kier molecular flexibility index (Phi) is 2.17. The Bertz CT molecular complexity index is 490. The second kappa shape index (κ2) is 3.67. The molecule has 2 N–H and O–H groups in total. The van der Waals surface area contributed by atoms with Gasteiger partial charge in [-0.15, -0.1) is 0 Å². The number of anilines is 1. The van der Waals surface area contributed by atoms with Crippen LogP contribution in [0.2, 0.25) is 0 Å². The molecule has 0 amide bonds. The van der Waals surface area contributed by atoms with Crippen LogP contribution in [0.5, 0.6) is 0 Å². The predicted octanol–water partition coefficient (Wildman–Crippen LogP) is 2.33. The van der Waals surface area contributed by atoms with Crippen LogP contribution in [0.1, 0.15) is 24.1 Å². The van der Waals surface area contributed by atoms with Crippen LogP contribution in [-0.4, -0.2) is 9.78 Å². The standard InChI is InChI=1S/C13H15N3/c14-11-6-2-4-8-13(11)16-9-10-5-1-3-7-12(10)15-16/h2,4,6,8-9H,1,3,5,7,14H2. The quantitative estimate of drug-likeness (QED) is 0.739. The molecule has 1 aliphatic rings. The number of nitrogens with zero attached hydrogens (tertiary/aromatic N) is 2. The average Bonchev–Trinajstić information content (AvgIpc) is 2.73. The number of para-hydroxylation sites is 2. The van der Waals surface area contributed by atoms with Crippen LogP contribution in [0.3, 0.4) is 0 Å². The first-order valence-electron chi connectivity index (χ1n) is 5.77. The Morgan fingerprint density at radius 2 is 1.94 bits per heavy atom. The van der Waals surface area contributed by atoms with E-state index in [4.69, 9.17) is 5.73 Å². The number of rotatable bonds is 1. The van der Waals surface area contributed by atoms with Crippen LogP contribution in [-0.2, 0) is 12.8 Å². The molecular weight excluding hydrogens is 198 g/mol. The van der Waals surface area contributed by atoms with Crippen molar-refractivity contribution in [1.29, 1.82) is 0 Å². The highest BCUT2D eigenvalue weighted by Gasteiger charge is 2.14. The van der Waals surface area contributed by atoms with Gasteiger partial charge in [0.05, 0.1) is 17.1 Å². The second-order valence-electron chi connectivity index (χ2n) is 4.31. The summed E-state index contributed by atoms with van der Waals surface area (Å²) in [6.07, 6.45) is 6.93. The maximum Gasteiger partial charge on any atom is 0.0874 e. The maximum atomic E-state index is 5.95. The Hall–Kier alpha value is -1.77. The van der Waals surface area contributed by atoms with Crippen LogP contribution in [0.4, 0.5) is 5.69 Å². The molecule has 3 heteroatoms. The fourth-order valence-corrected chi connectivity index (χ4v) is 2.29. The van der Waals surface area contributed by atoms with Gasteiger partial charge in [0, 0.05) is 6.20 Å². The molecule has 0 spiro atoms. The summed E-state index contributed by atoms with van der Waals surface area (Å²) in [6.45, 7) is 0. The summed E-state index contributed by atoms with van der Waals surface area (Å²) in [6, 6.07) is 7.86. The summed E-state index contributed by atoms with van der Waals surface area (Å²) in [5.41, 5.74) is 10.3. The van der Waals surface area contributed by atoms with Gasteiger partial charge in [-0.05, 0) is 43.4 Å². The zero-order chi connectivity index (χ0) is 11.0. The molecule has 0 atom stereocenters. The van der Waals surface area contributed by atoms with E-state index in [-0.39, 0.29) is 0 Å². The monoisotopic (exact) mass is 213 g/mol. The van der Waals surface area contributed by atoms with Crippen molar-refractivity contribution in [2.75, 3.05) is 5.73 Å². The molecule has 0 aliphatic heterocycles. The third kappa shape index (κ3) is 1.48. The topological polar surface area (TPSA) is 43.8 Å². The van der Waals surface area contributed by atoms with Gasteiger partial charge < -0.3 is 5.73 Å². The molecule has 2 aromatic rings. The zero-order valence-corrected chi connectivity index (χ0v) is 9.19. The van der Waals surface area contributed by atoms with Gasteiger partial charge in [0.25, 0.3) is 0 Å². The number of aromatic nitrogens is 2. The summed E-state index contributed by atoms with van der Waals surface area (Å²) < 4.78 is 1.92. The number of benzene rings is 1. The van der Waals surface area contributed by atoms with E-state index in [1.54, 1.807) is 0 Å². The van der Waals surface area contributed by atoms with Crippen molar-refractivity contribution in [2.45, 2.75) is 25.7 Å². The molecule has 3 nitrogen and oxygen atoms in total. The molecule has 82 valence electrons. The molecule has 1 aliphatic carbocycles. The number of aryl methyl sites for hydroxylation is 2. The Morgan fingerprint density at radius 1 is 1.12 bits per heavy atom. The van der Waals surface area contributed by atoms with Crippen molar-refractivity contribution >= 4 is 5.69 Å². The lowest BCUT2D eigenvalue weighted by molar-refractivity contribution is 0.671. The molecule has 3 rings (SSSR count). The summed E-state index contributed by atoms with van der Waals surface area (Å²) in [5.74, 6) is 0. The molecule has 1 aromatic heterocycles. The minimum Gasteiger partial charge on any atom is -0.397 e. The molecule has 1 aromatic carbocycles. The lowest BCUT2D eigenvalue weighted by Gasteiger charge is -2.06. The normalized spacial score (nSPS) is 14.8. The fourth-order valence-electron chi connectivity index (χ4n) is 2.29. The number of hydrogen-bond acceptors (Lipinski definition) is 2. The minimum atomic E-state index is 0.780. The van der Waals surface area contributed by atoms with Gasteiger partial charge in [-0.3, -0.25) is 0 Å². The highest BCUT2D eigenvalue weighted by Crippen LogP contribution is 2.23. The van der Waals surface area contributed by atoms with Crippen LogP contribution < -0.4 is 5.73 Å². The van der Waals surface area contributed by atoms with Crippen LogP contribution in [0, 0.1) is 0 Å². The zero-order valence-electron chi connectivity index (χ0n) is 9.19. The summed E-state index contributed by atoms with van der Waals surface area (Å²) in [7, 11) is 0. The first-order chi connectivity index (χ1) is 7.84. The summed E-state index contributed by atoms with van der Waals surface area (Å²) >= 11 is 0. The van der Waals surface area contributed by atoms with Gasteiger partial charge in [-0.25, -0.2) is 4.68 Å². The highest BCUT2D eigenvalue weighted by atomic mass is 15.3. The number of nitrogen functional groups attached to an aromatic ring is 1. The van der Waals surface area contributed by atoms with Gasteiger partial charge in [-0.1, -0.05) is 12.1 Å². The lowest BCUT2D eigenvalue weighted by Crippen LogP contribution is -2.01. The Morgan fingerprint density at radius 3 is 2.75 bits per heavy atom. The van der Waals surface area contributed by atoms with E-state index in [1.165, 1.54) is 24.1 Å². The van der Waals surface area contributed by atoms with E-state index in [9.17, 15) is 0 Å². The van der Waals surface area contributed by atoms with E-state index < -0.39 is 0 Å². The van der Waals surface area contributed by atoms with Crippen molar-refractivity contribution in [3.8, 4) is 5.69 Å². The van der Waals surface area contributed by atoms with Gasteiger partial charge >= 0.3 is 0 Å². The number of fused-ring (bicyclic) bond motifs is 1. The summed E-state index contributed by atoms with van der Waals surface area (Å²) in [5, 5.41) is 4.62. The molecular formula is C13H15N3. The second-order valence-corrected chi connectivity index (χ2v) is 4.31. The molecule has 0 bridgehead atoms. The molecule has 0 saturated heterocycles. The van der Waals surface area contributed by atoms with Crippen molar-refractivity contribution in [3.05, 3.63) is 41.7 Å². The fraction of sp³-hybridized carbons (Fsp3) is 0.308. The SMILES string of the molecule is Nc1ccccc1-n1cc2c(n1)CCCC2. The third-order valence-corrected chi connectivity index (χ3v) is 3.17. The van der Waals surface area contributed by atoms with Gasteiger partial charge in [-0.2, -0.15) is 5.10 Å². The van der Waals surface area contributed by atoms with E-state index in [0.717, 1.165) is 24.2 Å². The molecule has 0 fully saturated rings. The van der Waals surface area contributed by atoms with Crippen LogP contribution in [0.25, 0.3) is 5.69 Å². The first kappa shape index (κ1) is 9.46. The third-order valence-electron chi connectivity index (χ3n) is 3.17. The van der Waals surface area contributed by atoms with Gasteiger partial charge in [0.15, 0.2) is 0 Å². The van der Waals surface area contributed by atoms with Crippen molar-refractivity contribution < 1.29 is 0 Å². The Balaban J connectivity index is 2.07. The van der Waals surface area contributed by atoms with E-state index in [0.29, 0.717) is 0 Å². The average molecular weight is 213 g/mol. The number of nitrogens with two attached hydrogens (primary N) is 1. The smallest absolute Gasteiger partial charge is 0.0874 e. The molecule has 1 heterocycles. The summed E-state index contributed by atoms with van der Waals surface area (Å²) in [4.78, 5) is 0. The predicted molar refractivity (Wildman–Crippen MR) is 64.6 cm³/mol. The first-order valence-corrected chi connectivity index (χ1v) is 5.77. The van der Waals surface area contributed by atoms with Crippen molar-refractivity contribution in [3.63, 3.8) is 0 Å². The minimum absolute atomic E-state index is 0.780. The molecule has 0 radical (unpaired) electrons. The van der Waals surface area contributed by atoms with E-state index in [2.05, 4.69) is 11.3 Å².